The minimum absolute atomic E-state index is 0.587. The lowest BCUT2D eigenvalue weighted by Crippen LogP contribution is -2.39. The minimum atomic E-state index is 0.587. The fraction of sp³-hybridized carbons (Fsp3) is 0.481. The molecule has 168 valence electrons. The molecule has 4 aliphatic rings. The molecule has 0 amide bonds. The van der Waals surface area contributed by atoms with Crippen molar-refractivity contribution in [2.24, 2.45) is 23.7 Å². The zero-order valence-electron chi connectivity index (χ0n) is 19.0. The number of aromatic nitrogens is 5. The number of nitrogens with zero attached hydrogens (tertiary/aromatic N) is 4. The van der Waals surface area contributed by atoms with E-state index in [1.54, 1.807) is 6.33 Å². The van der Waals surface area contributed by atoms with Gasteiger partial charge in [0.1, 0.15) is 23.4 Å². The number of hydrogen-bond acceptors (Lipinski definition) is 5. The summed E-state index contributed by atoms with van der Waals surface area (Å²) in [4.78, 5) is 21.9. The molecule has 0 aliphatic heterocycles. The first-order valence-corrected chi connectivity index (χ1v) is 12.5. The highest BCUT2D eigenvalue weighted by molar-refractivity contribution is 5.91. The quantitative estimate of drug-likeness (QED) is 0.402. The molecule has 4 saturated carbocycles. The maximum Gasteiger partial charge on any atom is 0.162 e. The zero-order valence-corrected chi connectivity index (χ0v) is 19.0. The van der Waals surface area contributed by atoms with Gasteiger partial charge in [-0.2, -0.15) is 0 Å². The van der Waals surface area contributed by atoms with Crippen LogP contribution in [0.5, 0.6) is 0 Å². The Hall–Kier alpha value is -3.02. The van der Waals surface area contributed by atoms with Crippen LogP contribution in [0.15, 0.2) is 41.3 Å². The highest BCUT2D eigenvalue weighted by Gasteiger charge is 2.41. The van der Waals surface area contributed by atoms with Gasteiger partial charge >= 0.3 is 0 Å². The monoisotopic (exact) mass is 439 g/mol. The van der Waals surface area contributed by atoms with Crippen LogP contribution in [0.3, 0.4) is 0 Å². The lowest BCUT2D eigenvalue weighted by molar-refractivity contribution is 0.0339. The van der Waals surface area contributed by atoms with Gasteiger partial charge in [0.25, 0.3) is 0 Å². The second-order valence-corrected chi connectivity index (χ2v) is 10.4. The minimum Gasteiger partial charge on any atom is -0.459 e. The summed E-state index contributed by atoms with van der Waals surface area (Å²) in [7, 11) is 0. The van der Waals surface area contributed by atoms with Crippen LogP contribution in [0, 0.1) is 23.7 Å². The van der Waals surface area contributed by atoms with Crippen molar-refractivity contribution in [3.8, 4) is 22.8 Å². The van der Waals surface area contributed by atoms with E-state index in [9.17, 15) is 0 Å². The number of furan rings is 1. The zero-order chi connectivity index (χ0) is 21.9. The van der Waals surface area contributed by atoms with Crippen LogP contribution in [-0.2, 0) is 6.42 Å². The average Bonchev–Trinajstić information content (AvgIpc) is 3.42. The number of nitrogens with one attached hydrogen (secondary N) is 1. The Bertz CT molecular complexity index is 1310. The van der Waals surface area contributed by atoms with Crippen molar-refractivity contribution in [1.82, 2.24) is 24.9 Å². The second kappa shape index (κ2) is 7.51. The van der Waals surface area contributed by atoms with Gasteiger partial charge in [0.15, 0.2) is 11.6 Å². The van der Waals surface area contributed by atoms with E-state index < -0.39 is 0 Å². The number of fused-ring (bicyclic) bond motifs is 4. The highest BCUT2D eigenvalue weighted by Crippen LogP contribution is 2.50. The molecular formula is C27H29N5O. The van der Waals surface area contributed by atoms with Gasteiger partial charge < -0.3 is 9.40 Å². The predicted octanol–water partition coefficient (Wildman–Crippen LogP) is 6.17. The van der Waals surface area contributed by atoms with Gasteiger partial charge in [0.05, 0.1) is 0 Å². The van der Waals surface area contributed by atoms with E-state index in [1.165, 1.54) is 38.5 Å². The van der Waals surface area contributed by atoms with E-state index in [0.29, 0.717) is 11.8 Å². The SMILES string of the molecule is CC1C2CCC(CC2)C1Cc1cc(-c2ccc(C3CC3)o2)nc(-c2c[nH]c3ncncc23)n1. The van der Waals surface area contributed by atoms with Crippen molar-refractivity contribution >= 4 is 11.0 Å². The van der Waals surface area contributed by atoms with Crippen molar-refractivity contribution in [3.63, 3.8) is 0 Å². The van der Waals surface area contributed by atoms with Crippen molar-refractivity contribution in [3.05, 3.63) is 48.4 Å². The fourth-order valence-corrected chi connectivity index (χ4v) is 6.44. The molecule has 0 radical (unpaired) electrons. The molecule has 4 aromatic heterocycles. The van der Waals surface area contributed by atoms with E-state index in [0.717, 1.165) is 69.5 Å². The van der Waals surface area contributed by atoms with Crippen LogP contribution in [0.25, 0.3) is 33.9 Å². The normalized spacial score (nSPS) is 26.8. The molecule has 0 aromatic carbocycles. The third-order valence-electron chi connectivity index (χ3n) is 8.52. The Morgan fingerprint density at radius 3 is 2.70 bits per heavy atom. The van der Waals surface area contributed by atoms with Gasteiger partial charge in [-0.25, -0.2) is 19.9 Å². The van der Waals surface area contributed by atoms with Crippen molar-refractivity contribution in [2.45, 2.75) is 57.8 Å². The van der Waals surface area contributed by atoms with E-state index in [1.807, 2.05) is 12.4 Å². The second-order valence-electron chi connectivity index (χ2n) is 10.4. The third kappa shape index (κ3) is 3.38. The van der Waals surface area contributed by atoms with Gasteiger partial charge in [-0.3, -0.25) is 0 Å². The van der Waals surface area contributed by atoms with E-state index in [-0.39, 0.29) is 0 Å². The molecule has 1 N–H and O–H groups in total. The molecule has 2 unspecified atom stereocenters. The average molecular weight is 440 g/mol. The first kappa shape index (κ1) is 19.4. The van der Waals surface area contributed by atoms with E-state index >= 15 is 0 Å². The number of hydrogen-bond donors (Lipinski definition) is 1. The summed E-state index contributed by atoms with van der Waals surface area (Å²) in [6, 6.07) is 6.36. The van der Waals surface area contributed by atoms with Gasteiger partial charge in [0.2, 0.25) is 0 Å². The molecule has 4 aromatic rings. The highest BCUT2D eigenvalue weighted by atomic mass is 16.3. The van der Waals surface area contributed by atoms with Crippen molar-refractivity contribution < 1.29 is 4.42 Å². The number of aromatic amines is 1. The topological polar surface area (TPSA) is 80.5 Å². The lowest BCUT2D eigenvalue weighted by Gasteiger charge is -2.47. The van der Waals surface area contributed by atoms with Gasteiger partial charge in [0, 0.05) is 35.0 Å². The summed E-state index contributed by atoms with van der Waals surface area (Å²) in [5.74, 6) is 6.44. The molecule has 4 fully saturated rings. The Morgan fingerprint density at radius 2 is 1.88 bits per heavy atom. The fourth-order valence-electron chi connectivity index (χ4n) is 6.44. The van der Waals surface area contributed by atoms with Crippen LogP contribution in [0.2, 0.25) is 0 Å². The predicted molar refractivity (Wildman–Crippen MR) is 126 cm³/mol. The van der Waals surface area contributed by atoms with Crippen LogP contribution in [-0.4, -0.2) is 24.9 Å². The van der Waals surface area contributed by atoms with Crippen molar-refractivity contribution in [2.75, 3.05) is 0 Å². The molecule has 4 heterocycles. The first-order chi connectivity index (χ1) is 16.2. The molecular weight excluding hydrogens is 410 g/mol. The molecule has 2 atom stereocenters. The first-order valence-electron chi connectivity index (χ1n) is 12.5. The number of rotatable bonds is 5. The summed E-state index contributed by atoms with van der Waals surface area (Å²) >= 11 is 0. The smallest absolute Gasteiger partial charge is 0.162 e. The lowest BCUT2D eigenvalue weighted by atomic mass is 9.58. The summed E-state index contributed by atoms with van der Waals surface area (Å²) < 4.78 is 6.25. The van der Waals surface area contributed by atoms with Gasteiger partial charge in [-0.1, -0.05) is 6.92 Å². The summed E-state index contributed by atoms with van der Waals surface area (Å²) in [6.07, 6.45) is 14.4. The molecule has 6 nitrogen and oxygen atoms in total. The molecule has 6 heteroatoms. The maximum atomic E-state index is 6.25. The van der Waals surface area contributed by atoms with Gasteiger partial charge in [-0.05, 0) is 86.8 Å². The van der Waals surface area contributed by atoms with Crippen molar-refractivity contribution in [1.29, 1.82) is 0 Å². The molecule has 2 bridgehead atoms. The molecule has 4 aliphatic carbocycles. The summed E-state index contributed by atoms with van der Waals surface area (Å²) in [5, 5.41) is 0.948. The van der Waals surface area contributed by atoms with Crippen LogP contribution in [0.1, 0.15) is 62.8 Å². The Kier molecular flexibility index (Phi) is 4.42. The Morgan fingerprint density at radius 1 is 1.03 bits per heavy atom. The summed E-state index contributed by atoms with van der Waals surface area (Å²) in [6.45, 7) is 2.47. The number of H-pyrrole nitrogens is 1. The summed E-state index contributed by atoms with van der Waals surface area (Å²) in [5.41, 5.74) is 3.75. The Labute approximate surface area is 193 Å². The van der Waals surface area contributed by atoms with Crippen LogP contribution in [0.4, 0.5) is 0 Å². The van der Waals surface area contributed by atoms with Crippen LogP contribution < -0.4 is 0 Å². The molecule has 0 saturated heterocycles. The maximum absolute atomic E-state index is 6.25. The third-order valence-corrected chi connectivity index (χ3v) is 8.52. The molecule has 33 heavy (non-hydrogen) atoms. The van der Waals surface area contributed by atoms with E-state index in [4.69, 9.17) is 14.4 Å². The largest absolute Gasteiger partial charge is 0.459 e. The Balaban J connectivity index is 1.31. The molecule has 0 spiro atoms. The van der Waals surface area contributed by atoms with E-state index in [2.05, 4.69) is 40.1 Å². The standard InChI is InChI=1S/C27H29N5O/c1-15-16-2-4-17(5-3-16)20(15)10-19-11-23(25-9-8-24(33-25)18-6-7-18)32-27(31-19)22-13-29-26-21(22)12-28-14-30-26/h8-9,11-18,20H,2-7,10H2,1H3,(H,28,29,30). The van der Waals surface area contributed by atoms with Gasteiger partial charge in [-0.15, -0.1) is 0 Å². The van der Waals surface area contributed by atoms with Crippen LogP contribution >= 0.6 is 0 Å². The molecule has 8 rings (SSSR count).